The third-order valence-electron chi connectivity index (χ3n) is 0.917. The van der Waals surface area contributed by atoms with Crippen LogP contribution in [0.25, 0.3) is 0 Å². The molecule has 0 saturated heterocycles. The van der Waals surface area contributed by atoms with Crippen molar-refractivity contribution in [1.29, 1.82) is 10.7 Å². The molecule has 0 fully saturated rings. The molecule has 0 spiro atoms. The largest absolute Gasteiger partial charge is 0.377 e. The average molecular weight is 263 g/mol. The van der Waals surface area contributed by atoms with Crippen LogP contribution in [-0.2, 0) is 0 Å². The lowest BCUT2D eigenvalue weighted by molar-refractivity contribution is 0.698. The molecule has 0 aromatic rings. The summed E-state index contributed by atoms with van der Waals surface area (Å²) in [7, 11) is 0. The van der Waals surface area contributed by atoms with Gasteiger partial charge in [0.1, 0.15) is 6.07 Å². The SMILES string of the molecule is CC(C)N/C(I)=C(/C#N)C=N. The molecule has 0 aliphatic carbocycles. The van der Waals surface area contributed by atoms with Gasteiger partial charge in [-0.2, -0.15) is 5.26 Å². The van der Waals surface area contributed by atoms with Gasteiger partial charge in [0.15, 0.2) is 0 Å². The van der Waals surface area contributed by atoms with Gasteiger partial charge in [-0.05, 0) is 36.4 Å². The normalized spacial score (nSPS) is 11.9. The fraction of sp³-hybridized carbons (Fsp3) is 0.429. The second kappa shape index (κ2) is 5.13. The number of hydrogen-bond donors (Lipinski definition) is 2. The summed E-state index contributed by atoms with van der Waals surface area (Å²) in [4.78, 5) is 0. The first-order valence-corrected chi connectivity index (χ1v) is 4.26. The summed E-state index contributed by atoms with van der Waals surface area (Å²) in [6.45, 7) is 3.97. The van der Waals surface area contributed by atoms with Gasteiger partial charge in [-0.3, -0.25) is 0 Å². The van der Waals surface area contributed by atoms with Crippen molar-refractivity contribution in [2.45, 2.75) is 19.9 Å². The van der Waals surface area contributed by atoms with E-state index in [0.717, 1.165) is 9.92 Å². The number of hydrogen-bond acceptors (Lipinski definition) is 3. The first-order valence-electron chi connectivity index (χ1n) is 3.18. The molecular formula is C7H10IN3. The van der Waals surface area contributed by atoms with E-state index in [4.69, 9.17) is 10.7 Å². The lowest BCUT2D eigenvalue weighted by Crippen LogP contribution is -2.20. The van der Waals surface area contributed by atoms with Crippen molar-refractivity contribution in [2.75, 3.05) is 0 Å². The number of nitrogens with zero attached hydrogens (tertiary/aromatic N) is 1. The highest BCUT2D eigenvalue weighted by Gasteiger charge is 2.00. The molecule has 0 radical (unpaired) electrons. The molecule has 0 unspecified atom stereocenters. The average Bonchev–Trinajstić information content (AvgIpc) is 1.88. The van der Waals surface area contributed by atoms with Crippen molar-refractivity contribution in [3.05, 3.63) is 9.28 Å². The molecule has 0 amide bonds. The van der Waals surface area contributed by atoms with E-state index >= 15 is 0 Å². The predicted octanol–water partition coefficient (Wildman–Crippen LogP) is 1.80. The first kappa shape index (κ1) is 10.4. The number of allylic oxidation sites excluding steroid dienone is 1. The molecule has 0 bridgehead atoms. The molecule has 0 heterocycles. The summed E-state index contributed by atoms with van der Waals surface area (Å²) in [5, 5.41) is 18.4. The van der Waals surface area contributed by atoms with E-state index in [1.165, 1.54) is 0 Å². The van der Waals surface area contributed by atoms with Crippen molar-refractivity contribution < 1.29 is 0 Å². The topological polar surface area (TPSA) is 59.7 Å². The minimum absolute atomic E-state index is 0.296. The molecule has 0 aromatic heterocycles. The zero-order chi connectivity index (χ0) is 8.85. The molecule has 0 saturated carbocycles. The summed E-state index contributed by atoms with van der Waals surface area (Å²) in [6.07, 6.45) is 1.05. The van der Waals surface area contributed by atoms with Gasteiger partial charge >= 0.3 is 0 Å². The molecule has 3 nitrogen and oxygen atoms in total. The Morgan fingerprint density at radius 3 is 2.55 bits per heavy atom. The van der Waals surface area contributed by atoms with Crippen LogP contribution < -0.4 is 5.32 Å². The molecule has 0 aliphatic heterocycles. The quantitative estimate of drug-likeness (QED) is 0.353. The van der Waals surface area contributed by atoms with E-state index in [1.54, 1.807) is 0 Å². The van der Waals surface area contributed by atoms with Crippen LogP contribution in [0, 0.1) is 16.7 Å². The lowest BCUT2D eigenvalue weighted by atomic mass is 10.3. The standard InChI is InChI=1S/C7H10IN3/c1-5(2)11-7(8)6(3-9)4-10/h3,5,9,11H,1-2H3/b7-6+,9-3?. The second-order valence-electron chi connectivity index (χ2n) is 2.28. The van der Waals surface area contributed by atoms with Crippen LogP contribution in [0.5, 0.6) is 0 Å². The molecule has 0 rings (SSSR count). The maximum absolute atomic E-state index is 8.51. The smallest absolute Gasteiger partial charge is 0.103 e. The van der Waals surface area contributed by atoms with Gasteiger partial charge in [0.25, 0.3) is 0 Å². The predicted molar refractivity (Wildman–Crippen MR) is 53.7 cm³/mol. The van der Waals surface area contributed by atoms with Crippen LogP contribution in [0.2, 0.25) is 0 Å². The van der Waals surface area contributed by atoms with Gasteiger partial charge in [0.05, 0.1) is 9.28 Å². The third kappa shape index (κ3) is 3.98. The minimum atomic E-state index is 0.296. The summed E-state index contributed by atoms with van der Waals surface area (Å²) < 4.78 is 0.732. The summed E-state index contributed by atoms with van der Waals surface area (Å²) in [5.41, 5.74) is 0.374. The van der Waals surface area contributed by atoms with Gasteiger partial charge in [0, 0.05) is 12.3 Å². The highest BCUT2D eigenvalue weighted by atomic mass is 127. The highest BCUT2D eigenvalue weighted by molar-refractivity contribution is 14.1. The molecule has 0 atom stereocenters. The number of nitrogens with one attached hydrogen (secondary N) is 2. The van der Waals surface area contributed by atoms with Gasteiger partial charge < -0.3 is 10.7 Å². The number of nitriles is 1. The molecule has 2 N–H and O–H groups in total. The maximum Gasteiger partial charge on any atom is 0.103 e. The van der Waals surface area contributed by atoms with Gasteiger partial charge in [-0.15, -0.1) is 0 Å². The Morgan fingerprint density at radius 1 is 1.73 bits per heavy atom. The van der Waals surface area contributed by atoms with E-state index in [2.05, 4.69) is 5.32 Å². The van der Waals surface area contributed by atoms with Crippen LogP contribution >= 0.6 is 22.6 Å². The Kier molecular flexibility index (Phi) is 4.86. The zero-order valence-electron chi connectivity index (χ0n) is 6.48. The summed E-state index contributed by atoms with van der Waals surface area (Å²) in [5.74, 6) is 0. The molecule has 11 heavy (non-hydrogen) atoms. The third-order valence-corrected chi connectivity index (χ3v) is 1.81. The van der Waals surface area contributed by atoms with Crippen LogP contribution in [0.4, 0.5) is 0 Å². The molecule has 0 aliphatic rings. The van der Waals surface area contributed by atoms with Crippen molar-refractivity contribution in [1.82, 2.24) is 5.32 Å². The molecule has 60 valence electrons. The fourth-order valence-electron chi connectivity index (χ4n) is 0.476. The van der Waals surface area contributed by atoms with Gasteiger partial charge in [0.2, 0.25) is 0 Å². The monoisotopic (exact) mass is 263 g/mol. The Bertz CT molecular complexity index is 212. The van der Waals surface area contributed by atoms with E-state index in [1.807, 2.05) is 42.5 Å². The Morgan fingerprint density at radius 2 is 2.27 bits per heavy atom. The van der Waals surface area contributed by atoms with Crippen molar-refractivity contribution >= 4 is 28.8 Å². The second-order valence-corrected chi connectivity index (χ2v) is 3.36. The van der Waals surface area contributed by atoms with E-state index in [-0.39, 0.29) is 0 Å². The summed E-state index contributed by atoms with van der Waals surface area (Å²) >= 11 is 2.01. The summed E-state index contributed by atoms with van der Waals surface area (Å²) in [6, 6.07) is 2.22. The van der Waals surface area contributed by atoms with Crippen LogP contribution in [0.15, 0.2) is 9.28 Å². The van der Waals surface area contributed by atoms with E-state index in [0.29, 0.717) is 11.6 Å². The molecule has 0 aromatic carbocycles. The van der Waals surface area contributed by atoms with E-state index in [9.17, 15) is 0 Å². The van der Waals surface area contributed by atoms with Crippen LogP contribution in [-0.4, -0.2) is 12.3 Å². The highest BCUT2D eigenvalue weighted by Crippen LogP contribution is 2.07. The lowest BCUT2D eigenvalue weighted by Gasteiger charge is -2.08. The Hall–Kier alpha value is -0.570. The number of rotatable bonds is 3. The van der Waals surface area contributed by atoms with Crippen molar-refractivity contribution in [3.8, 4) is 6.07 Å². The maximum atomic E-state index is 8.51. The zero-order valence-corrected chi connectivity index (χ0v) is 8.64. The van der Waals surface area contributed by atoms with Crippen LogP contribution in [0.3, 0.4) is 0 Å². The van der Waals surface area contributed by atoms with Gasteiger partial charge in [-0.25, -0.2) is 0 Å². The number of halogens is 1. The fourth-order valence-corrected chi connectivity index (χ4v) is 1.38. The van der Waals surface area contributed by atoms with E-state index < -0.39 is 0 Å². The Labute approximate surface area is 80.1 Å². The van der Waals surface area contributed by atoms with Crippen molar-refractivity contribution in [2.24, 2.45) is 0 Å². The first-order chi connectivity index (χ1) is 5.11. The minimum Gasteiger partial charge on any atom is -0.377 e. The van der Waals surface area contributed by atoms with Gasteiger partial charge in [-0.1, -0.05) is 0 Å². The van der Waals surface area contributed by atoms with Crippen LogP contribution in [0.1, 0.15) is 13.8 Å². The molecule has 4 heteroatoms. The molecular weight excluding hydrogens is 253 g/mol. The Balaban J connectivity index is 4.39. The van der Waals surface area contributed by atoms with Crippen molar-refractivity contribution in [3.63, 3.8) is 0 Å².